The highest BCUT2D eigenvalue weighted by molar-refractivity contribution is 5.97. The van der Waals surface area contributed by atoms with Crippen molar-refractivity contribution in [2.75, 3.05) is 0 Å². The molecule has 0 atom stereocenters. The molecule has 0 aromatic carbocycles. The summed E-state index contributed by atoms with van der Waals surface area (Å²) >= 11 is 0. The van der Waals surface area contributed by atoms with Crippen LogP contribution in [0.15, 0.2) is 6.07 Å². The van der Waals surface area contributed by atoms with Gasteiger partial charge in [-0.2, -0.15) is 0 Å². The predicted molar refractivity (Wildman–Crippen MR) is 74.8 cm³/mol. The van der Waals surface area contributed by atoms with Crippen molar-refractivity contribution >= 4 is 5.84 Å². The average molecular weight is 259 g/mol. The Morgan fingerprint density at radius 1 is 1.21 bits per heavy atom. The predicted octanol–water partition coefficient (Wildman–Crippen LogP) is 2.57. The number of hydrogen-bond donors (Lipinski definition) is 2. The summed E-state index contributed by atoms with van der Waals surface area (Å²) in [5.74, 6) is 0.647. The Balaban J connectivity index is 1.93. The highest BCUT2D eigenvalue weighted by atomic mass is 16.5. The maximum Gasteiger partial charge on any atom is 0.225 e. The second kappa shape index (κ2) is 5.19. The first kappa shape index (κ1) is 12.5. The second-order valence-electron chi connectivity index (χ2n) is 5.59. The number of nitrogen functional groups attached to an aromatic ring is 1. The molecule has 1 saturated carbocycles. The maximum absolute atomic E-state index is 7.73. The van der Waals surface area contributed by atoms with Crippen molar-refractivity contribution in [3.63, 3.8) is 0 Å². The molecule has 1 aromatic heterocycles. The number of nitrogens with zero attached hydrogens (tertiary/aromatic N) is 1. The molecule has 2 aliphatic rings. The summed E-state index contributed by atoms with van der Waals surface area (Å²) in [5, 5.41) is 7.73. The van der Waals surface area contributed by atoms with Crippen LogP contribution in [0.25, 0.3) is 0 Å². The Kier molecular flexibility index (Phi) is 3.40. The number of nitrogens with one attached hydrogen (secondary N) is 1. The molecule has 1 heterocycles. The third-order valence-corrected chi connectivity index (χ3v) is 4.14. The summed E-state index contributed by atoms with van der Waals surface area (Å²) in [6, 6.07) is 2.02. The highest BCUT2D eigenvalue weighted by Gasteiger charge is 2.22. The van der Waals surface area contributed by atoms with Crippen LogP contribution in [0.1, 0.15) is 55.3 Å². The molecular weight excluding hydrogens is 238 g/mol. The van der Waals surface area contributed by atoms with Crippen LogP contribution < -0.4 is 10.5 Å². The van der Waals surface area contributed by atoms with Gasteiger partial charge in [0, 0.05) is 5.69 Å². The van der Waals surface area contributed by atoms with E-state index < -0.39 is 0 Å². The summed E-state index contributed by atoms with van der Waals surface area (Å²) < 4.78 is 6.00. The molecule has 3 N–H and O–H groups in total. The molecule has 0 aliphatic heterocycles. The first-order chi connectivity index (χ1) is 9.24. The van der Waals surface area contributed by atoms with Gasteiger partial charge in [-0.3, -0.25) is 5.41 Å². The molecule has 0 spiro atoms. The first-order valence-electron chi connectivity index (χ1n) is 7.28. The van der Waals surface area contributed by atoms with E-state index in [1.807, 2.05) is 6.07 Å². The van der Waals surface area contributed by atoms with Crippen molar-refractivity contribution in [2.45, 2.75) is 57.5 Å². The van der Waals surface area contributed by atoms with Crippen molar-refractivity contribution in [3.8, 4) is 5.88 Å². The van der Waals surface area contributed by atoms with E-state index >= 15 is 0 Å². The van der Waals surface area contributed by atoms with Crippen LogP contribution in [0, 0.1) is 5.41 Å². The zero-order valence-corrected chi connectivity index (χ0v) is 11.2. The summed E-state index contributed by atoms with van der Waals surface area (Å²) in [6.07, 6.45) is 9.37. The number of aryl methyl sites for hydroxylation is 2. The molecule has 4 nitrogen and oxygen atoms in total. The monoisotopic (exact) mass is 259 g/mol. The van der Waals surface area contributed by atoms with Crippen molar-refractivity contribution in [3.05, 3.63) is 22.9 Å². The van der Waals surface area contributed by atoms with Gasteiger partial charge in [-0.1, -0.05) is 0 Å². The number of hydrogen-bond acceptors (Lipinski definition) is 3. The van der Waals surface area contributed by atoms with Gasteiger partial charge in [-0.05, 0) is 63.0 Å². The van der Waals surface area contributed by atoms with Gasteiger partial charge in [-0.15, -0.1) is 0 Å². The van der Waals surface area contributed by atoms with Gasteiger partial charge in [0.2, 0.25) is 5.88 Å². The Morgan fingerprint density at radius 3 is 2.68 bits per heavy atom. The molecule has 0 saturated heterocycles. The molecule has 0 unspecified atom stereocenters. The number of amidine groups is 1. The molecular formula is C15H21N3O. The zero-order valence-electron chi connectivity index (χ0n) is 11.2. The molecule has 4 heteroatoms. The van der Waals surface area contributed by atoms with E-state index in [9.17, 15) is 0 Å². The molecule has 19 heavy (non-hydrogen) atoms. The Morgan fingerprint density at radius 2 is 1.95 bits per heavy atom. The summed E-state index contributed by atoms with van der Waals surface area (Å²) in [4.78, 5) is 4.65. The standard InChI is InChI=1S/C15H21N3O/c16-14(17)12-9-10-5-1-4-8-13(10)18-15(12)19-11-6-2-3-7-11/h9,11H,1-8H2,(H3,16,17). The van der Waals surface area contributed by atoms with Crippen LogP contribution in [-0.4, -0.2) is 16.9 Å². The average Bonchev–Trinajstić information content (AvgIpc) is 2.90. The Bertz CT molecular complexity index is 492. The lowest BCUT2D eigenvalue weighted by atomic mass is 9.95. The molecule has 1 fully saturated rings. The lowest BCUT2D eigenvalue weighted by molar-refractivity contribution is 0.200. The largest absolute Gasteiger partial charge is 0.474 e. The lowest BCUT2D eigenvalue weighted by Crippen LogP contribution is -2.20. The van der Waals surface area contributed by atoms with E-state index in [2.05, 4.69) is 4.98 Å². The maximum atomic E-state index is 7.73. The van der Waals surface area contributed by atoms with Crippen LogP contribution in [0.2, 0.25) is 0 Å². The van der Waals surface area contributed by atoms with E-state index in [-0.39, 0.29) is 11.9 Å². The lowest BCUT2D eigenvalue weighted by Gasteiger charge is -2.20. The van der Waals surface area contributed by atoms with Gasteiger partial charge in [0.05, 0.1) is 5.56 Å². The van der Waals surface area contributed by atoms with Gasteiger partial charge < -0.3 is 10.5 Å². The number of fused-ring (bicyclic) bond motifs is 1. The number of ether oxygens (including phenoxy) is 1. The fraction of sp³-hybridized carbons (Fsp3) is 0.600. The van der Waals surface area contributed by atoms with Crippen LogP contribution in [-0.2, 0) is 12.8 Å². The molecule has 3 rings (SSSR count). The third-order valence-electron chi connectivity index (χ3n) is 4.14. The van der Waals surface area contributed by atoms with Gasteiger partial charge in [-0.25, -0.2) is 4.98 Å². The van der Waals surface area contributed by atoms with Crippen LogP contribution >= 0.6 is 0 Å². The molecule has 0 amide bonds. The summed E-state index contributed by atoms with van der Waals surface area (Å²) in [7, 11) is 0. The highest BCUT2D eigenvalue weighted by Crippen LogP contribution is 2.29. The topological polar surface area (TPSA) is 72.0 Å². The van der Waals surface area contributed by atoms with Gasteiger partial charge in [0.1, 0.15) is 11.9 Å². The first-order valence-corrected chi connectivity index (χ1v) is 7.28. The van der Waals surface area contributed by atoms with E-state index in [1.54, 1.807) is 0 Å². The molecule has 102 valence electrons. The smallest absolute Gasteiger partial charge is 0.225 e. The minimum atomic E-state index is 0.0638. The fourth-order valence-corrected chi connectivity index (χ4v) is 3.06. The summed E-state index contributed by atoms with van der Waals surface area (Å²) in [6.45, 7) is 0. The van der Waals surface area contributed by atoms with Crippen molar-refractivity contribution in [1.29, 1.82) is 5.41 Å². The van der Waals surface area contributed by atoms with E-state index in [1.165, 1.54) is 31.2 Å². The molecule has 2 aliphatic carbocycles. The SMILES string of the molecule is N=C(N)c1cc2c(nc1OC1CCCC1)CCCC2. The number of nitrogens with two attached hydrogens (primary N) is 1. The fourth-order valence-electron chi connectivity index (χ4n) is 3.06. The quantitative estimate of drug-likeness (QED) is 0.647. The minimum Gasteiger partial charge on any atom is -0.474 e. The van der Waals surface area contributed by atoms with Gasteiger partial charge in [0.25, 0.3) is 0 Å². The number of pyridine rings is 1. The molecule has 1 aromatic rings. The van der Waals surface area contributed by atoms with Crippen molar-refractivity contribution < 1.29 is 4.74 Å². The Labute approximate surface area is 113 Å². The van der Waals surface area contributed by atoms with Crippen molar-refractivity contribution in [2.24, 2.45) is 5.73 Å². The van der Waals surface area contributed by atoms with Crippen molar-refractivity contribution in [1.82, 2.24) is 4.98 Å². The number of aromatic nitrogens is 1. The van der Waals surface area contributed by atoms with Crippen LogP contribution in [0.4, 0.5) is 0 Å². The minimum absolute atomic E-state index is 0.0638. The zero-order chi connectivity index (χ0) is 13.2. The Hall–Kier alpha value is -1.58. The van der Waals surface area contributed by atoms with Gasteiger partial charge >= 0.3 is 0 Å². The molecule has 0 radical (unpaired) electrons. The van der Waals surface area contributed by atoms with Crippen LogP contribution in [0.5, 0.6) is 5.88 Å². The van der Waals surface area contributed by atoms with E-state index in [4.69, 9.17) is 15.9 Å². The van der Waals surface area contributed by atoms with E-state index in [0.29, 0.717) is 11.4 Å². The molecule has 0 bridgehead atoms. The summed E-state index contributed by atoms with van der Waals surface area (Å²) in [5.41, 5.74) is 8.75. The van der Waals surface area contributed by atoms with Crippen LogP contribution in [0.3, 0.4) is 0 Å². The second-order valence-corrected chi connectivity index (χ2v) is 5.59. The normalized spacial score (nSPS) is 19.2. The third kappa shape index (κ3) is 2.57. The van der Waals surface area contributed by atoms with E-state index in [0.717, 1.165) is 31.4 Å². The number of rotatable bonds is 3. The van der Waals surface area contributed by atoms with Gasteiger partial charge in [0.15, 0.2) is 0 Å².